The smallest absolute Gasteiger partial charge is 0.128 e. The summed E-state index contributed by atoms with van der Waals surface area (Å²) >= 11 is 0. The van der Waals surface area contributed by atoms with Gasteiger partial charge in [-0.25, -0.2) is 0 Å². The summed E-state index contributed by atoms with van der Waals surface area (Å²) in [5, 5.41) is 0. The fourth-order valence-electron chi connectivity index (χ4n) is 1.12. The van der Waals surface area contributed by atoms with Crippen LogP contribution in [-0.4, -0.2) is 31.8 Å². The summed E-state index contributed by atoms with van der Waals surface area (Å²) in [7, 11) is 0. The predicted octanol–water partition coefficient (Wildman–Crippen LogP) is 0.681. The van der Waals surface area contributed by atoms with Crippen molar-refractivity contribution in [2.24, 2.45) is 10.9 Å². The zero-order chi connectivity index (χ0) is 8.10. The van der Waals surface area contributed by atoms with Crippen LogP contribution in [-0.2, 0) is 9.53 Å². The van der Waals surface area contributed by atoms with E-state index in [2.05, 4.69) is 4.99 Å². The molecule has 0 saturated carbocycles. The fraction of sp³-hybridized carbons (Fsp3) is 0.750. The first-order chi connectivity index (χ1) is 5.36. The zero-order valence-electron chi connectivity index (χ0n) is 6.69. The molecule has 0 aromatic carbocycles. The standard InChI is InChI=1S/C8H13NO2/c1-2-11-6-8-3-7(5-10)4-9-8/h4-5,7-8H,2-3,6H2,1H3. The summed E-state index contributed by atoms with van der Waals surface area (Å²) in [6, 6.07) is 0.213. The molecule has 1 aliphatic heterocycles. The quantitative estimate of drug-likeness (QED) is 0.560. The Bertz CT molecular complexity index is 156. The average molecular weight is 155 g/mol. The molecule has 0 amide bonds. The van der Waals surface area contributed by atoms with Crippen molar-refractivity contribution >= 4 is 12.5 Å². The molecule has 1 rings (SSSR count). The Morgan fingerprint density at radius 3 is 3.18 bits per heavy atom. The van der Waals surface area contributed by atoms with Gasteiger partial charge < -0.3 is 9.53 Å². The lowest BCUT2D eigenvalue weighted by molar-refractivity contribution is -0.109. The van der Waals surface area contributed by atoms with Crippen LogP contribution in [0.2, 0.25) is 0 Å². The van der Waals surface area contributed by atoms with E-state index in [1.165, 1.54) is 0 Å². The van der Waals surface area contributed by atoms with Crippen molar-refractivity contribution in [3.05, 3.63) is 0 Å². The number of rotatable bonds is 4. The van der Waals surface area contributed by atoms with E-state index in [-0.39, 0.29) is 12.0 Å². The van der Waals surface area contributed by atoms with Gasteiger partial charge in [0.1, 0.15) is 6.29 Å². The van der Waals surface area contributed by atoms with Crippen molar-refractivity contribution in [1.29, 1.82) is 0 Å². The molecule has 11 heavy (non-hydrogen) atoms. The van der Waals surface area contributed by atoms with Crippen LogP contribution in [0.5, 0.6) is 0 Å². The Kier molecular flexibility index (Phi) is 3.23. The third kappa shape index (κ3) is 2.42. The van der Waals surface area contributed by atoms with Crippen molar-refractivity contribution in [2.45, 2.75) is 19.4 Å². The first-order valence-electron chi connectivity index (χ1n) is 3.93. The minimum Gasteiger partial charge on any atom is -0.380 e. The van der Waals surface area contributed by atoms with Crippen LogP contribution < -0.4 is 0 Å². The van der Waals surface area contributed by atoms with Gasteiger partial charge in [0.15, 0.2) is 0 Å². The number of nitrogens with zero attached hydrogens (tertiary/aromatic N) is 1. The lowest BCUT2D eigenvalue weighted by Gasteiger charge is -2.05. The highest BCUT2D eigenvalue weighted by Crippen LogP contribution is 2.13. The summed E-state index contributed by atoms with van der Waals surface area (Å²) in [5.41, 5.74) is 0. The van der Waals surface area contributed by atoms with Gasteiger partial charge in [-0.2, -0.15) is 0 Å². The van der Waals surface area contributed by atoms with E-state index >= 15 is 0 Å². The molecule has 0 aromatic heterocycles. The first-order valence-corrected chi connectivity index (χ1v) is 3.93. The second-order valence-corrected chi connectivity index (χ2v) is 2.65. The lowest BCUT2D eigenvalue weighted by atomic mass is 10.1. The molecule has 2 atom stereocenters. The van der Waals surface area contributed by atoms with Crippen molar-refractivity contribution < 1.29 is 9.53 Å². The predicted molar refractivity (Wildman–Crippen MR) is 42.9 cm³/mol. The van der Waals surface area contributed by atoms with E-state index in [0.29, 0.717) is 6.61 Å². The molecule has 3 heteroatoms. The number of aldehydes is 1. The summed E-state index contributed by atoms with van der Waals surface area (Å²) in [4.78, 5) is 14.4. The van der Waals surface area contributed by atoms with Crippen LogP contribution in [0.15, 0.2) is 4.99 Å². The number of carbonyl (C=O) groups is 1. The summed E-state index contributed by atoms with van der Waals surface area (Å²) < 4.78 is 5.18. The fourth-order valence-corrected chi connectivity index (χ4v) is 1.12. The average Bonchev–Trinajstić information content (AvgIpc) is 2.48. The molecule has 2 unspecified atom stereocenters. The molecule has 1 heterocycles. The Labute approximate surface area is 66.5 Å². The first kappa shape index (κ1) is 8.40. The van der Waals surface area contributed by atoms with Gasteiger partial charge in [-0.1, -0.05) is 0 Å². The van der Waals surface area contributed by atoms with Gasteiger partial charge in [-0.3, -0.25) is 4.99 Å². The van der Waals surface area contributed by atoms with Crippen LogP contribution in [0.1, 0.15) is 13.3 Å². The Hall–Kier alpha value is -0.700. The van der Waals surface area contributed by atoms with E-state index in [0.717, 1.165) is 19.3 Å². The molecular weight excluding hydrogens is 142 g/mol. The highest BCUT2D eigenvalue weighted by atomic mass is 16.5. The SMILES string of the molecule is CCOCC1CC(C=O)C=N1. The van der Waals surface area contributed by atoms with Crippen LogP contribution in [0.25, 0.3) is 0 Å². The van der Waals surface area contributed by atoms with Crippen molar-refractivity contribution in [2.75, 3.05) is 13.2 Å². The van der Waals surface area contributed by atoms with Gasteiger partial charge in [0.25, 0.3) is 0 Å². The Balaban J connectivity index is 2.20. The molecule has 62 valence electrons. The topological polar surface area (TPSA) is 38.7 Å². The van der Waals surface area contributed by atoms with E-state index in [9.17, 15) is 4.79 Å². The largest absolute Gasteiger partial charge is 0.380 e. The second kappa shape index (κ2) is 4.23. The van der Waals surface area contributed by atoms with Crippen molar-refractivity contribution in [1.82, 2.24) is 0 Å². The molecule has 0 bridgehead atoms. The van der Waals surface area contributed by atoms with Gasteiger partial charge >= 0.3 is 0 Å². The molecule has 0 radical (unpaired) electrons. The molecule has 0 N–H and O–H groups in total. The third-order valence-electron chi connectivity index (χ3n) is 1.72. The van der Waals surface area contributed by atoms with Crippen molar-refractivity contribution in [3.8, 4) is 0 Å². The minimum atomic E-state index is 0.0282. The van der Waals surface area contributed by atoms with Crippen molar-refractivity contribution in [3.63, 3.8) is 0 Å². The number of aliphatic imine (C=N–C) groups is 1. The van der Waals surface area contributed by atoms with Crippen LogP contribution in [0, 0.1) is 5.92 Å². The van der Waals surface area contributed by atoms with Gasteiger partial charge in [0, 0.05) is 12.8 Å². The van der Waals surface area contributed by atoms with Gasteiger partial charge in [0.05, 0.1) is 18.6 Å². The zero-order valence-corrected chi connectivity index (χ0v) is 6.69. The molecule has 0 fully saturated rings. The maximum Gasteiger partial charge on any atom is 0.128 e. The maximum atomic E-state index is 10.3. The highest BCUT2D eigenvalue weighted by Gasteiger charge is 2.18. The number of carbonyl (C=O) groups excluding carboxylic acids is 1. The van der Waals surface area contributed by atoms with E-state index in [4.69, 9.17) is 4.74 Å². The molecule has 0 spiro atoms. The number of hydrogen-bond acceptors (Lipinski definition) is 3. The molecular formula is C8H13NO2. The molecule has 0 aromatic rings. The maximum absolute atomic E-state index is 10.3. The number of ether oxygens (including phenoxy) is 1. The van der Waals surface area contributed by atoms with Crippen LogP contribution >= 0.6 is 0 Å². The van der Waals surface area contributed by atoms with Gasteiger partial charge in [-0.15, -0.1) is 0 Å². The minimum absolute atomic E-state index is 0.0282. The normalized spacial score (nSPS) is 29.2. The molecule has 1 aliphatic rings. The van der Waals surface area contributed by atoms with E-state index in [1.54, 1.807) is 6.21 Å². The molecule has 0 saturated heterocycles. The third-order valence-corrected chi connectivity index (χ3v) is 1.72. The summed E-state index contributed by atoms with van der Waals surface area (Å²) in [6.07, 6.45) is 3.48. The van der Waals surface area contributed by atoms with Gasteiger partial charge in [0.2, 0.25) is 0 Å². The lowest BCUT2D eigenvalue weighted by Crippen LogP contribution is -2.12. The summed E-state index contributed by atoms with van der Waals surface area (Å²) in [6.45, 7) is 3.32. The summed E-state index contributed by atoms with van der Waals surface area (Å²) in [5.74, 6) is 0.0282. The Morgan fingerprint density at radius 2 is 2.64 bits per heavy atom. The van der Waals surface area contributed by atoms with E-state index in [1.807, 2.05) is 6.92 Å². The second-order valence-electron chi connectivity index (χ2n) is 2.65. The van der Waals surface area contributed by atoms with Crippen LogP contribution in [0.3, 0.4) is 0 Å². The molecule has 0 aliphatic carbocycles. The number of hydrogen-bond donors (Lipinski definition) is 0. The highest BCUT2D eigenvalue weighted by molar-refractivity contribution is 5.82. The molecule has 3 nitrogen and oxygen atoms in total. The van der Waals surface area contributed by atoms with Crippen LogP contribution in [0.4, 0.5) is 0 Å². The van der Waals surface area contributed by atoms with Gasteiger partial charge in [-0.05, 0) is 13.3 Å². The Morgan fingerprint density at radius 1 is 1.82 bits per heavy atom. The monoisotopic (exact) mass is 155 g/mol. The van der Waals surface area contributed by atoms with E-state index < -0.39 is 0 Å².